The molecule has 34 heavy (non-hydrogen) atoms. The van der Waals surface area contributed by atoms with Gasteiger partial charge in [-0.2, -0.15) is 0 Å². The normalized spacial score (nSPS) is 12.0. The summed E-state index contributed by atoms with van der Waals surface area (Å²) in [6.07, 6.45) is 6.14. The van der Waals surface area contributed by atoms with Crippen LogP contribution in [-0.2, 0) is 11.4 Å². The van der Waals surface area contributed by atoms with E-state index in [4.69, 9.17) is 14.6 Å². The number of hydrogen-bond donors (Lipinski definition) is 1. The Morgan fingerprint density at radius 2 is 1.88 bits per heavy atom. The Labute approximate surface area is 200 Å². The lowest BCUT2D eigenvalue weighted by Crippen LogP contribution is -2.03. The molecule has 0 unspecified atom stereocenters. The van der Waals surface area contributed by atoms with E-state index in [1.54, 1.807) is 19.2 Å². The highest BCUT2D eigenvalue weighted by Crippen LogP contribution is 2.32. The Morgan fingerprint density at radius 1 is 1.06 bits per heavy atom. The molecule has 1 atom stereocenters. The molecule has 0 bridgehead atoms. The fourth-order valence-electron chi connectivity index (χ4n) is 3.76. The van der Waals surface area contributed by atoms with E-state index in [0.29, 0.717) is 23.7 Å². The topological polar surface area (TPSA) is 55.8 Å². The van der Waals surface area contributed by atoms with Crippen LogP contribution in [0.2, 0.25) is 0 Å². The highest BCUT2D eigenvalue weighted by Gasteiger charge is 2.13. The number of carboxylic acid groups (broad SMARTS) is 1. The van der Waals surface area contributed by atoms with Crippen molar-refractivity contribution in [3.63, 3.8) is 0 Å². The van der Waals surface area contributed by atoms with Crippen molar-refractivity contribution < 1.29 is 23.8 Å². The quantitative estimate of drug-likeness (QED) is 0.321. The predicted molar refractivity (Wildman–Crippen MR) is 134 cm³/mol. The minimum Gasteiger partial charge on any atom is -0.497 e. The van der Waals surface area contributed by atoms with Crippen molar-refractivity contribution in [3.05, 3.63) is 89.2 Å². The minimum absolute atomic E-state index is 0.0687. The lowest BCUT2D eigenvalue weighted by Gasteiger charge is -2.14. The van der Waals surface area contributed by atoms with Gasteiger partial charge in [0.05, 0.1) is 13.5 Å². The standard InChI is InChI=1S/C29H31FO4/c1-4-5-6-8-23-16-21(11-13-26(23)27-18-24(33-3)12-14-28(27)30)19-34-25-10-7-9-22(17-25)20(2)15-29(31)32/h6-14,16-18,20H,4-5,15,19H2,1-3H3,(H,31,32)/t20-/m1/s1. The highest BCUT2D eigenvalue weighted by atomic mass is 19.1. The van der Waals surface area contributed by atoms with Gasteiger partial charge in [-0.25, -0.2) is 4.39 Å². The Bertz CT molecular complexity index is 1150. The Morgan fingerprint density at radius 3 is 2.62 bits per heavy atom. The third kappa shape index (κ3) is 6.70. The number of benzene rings is 3. The van der Waals surface area contributed by atoms with Crippen molar-refractivity contribution in [2.75, 3.05) is 7.11 Å². The highest BCUT2D eigenvalue weighted by molar-refractivity contribution is 5.77. The van der Waals surface area contributed by atoms with Crippen molar-refractivity contribution in [1.82, 2.24) is 0 Å². The van der Waals surface area contributed by atoms with Crippen LogP contribution in [0.4, 0.5) is 4.39 Å². The summed E-state index contributed by atoms with van der Waals surface area (Å²) >= 11 is 0. The fourth-order valence-corrected chi connectivity index (χ4v) is 3.76. The predicted octanol–water partition coefficient (Wildman–Crippen LogP) is 7.47. The van der Waals surface area contributed by atoms with Crippen molar-refractivity contribution in [2.24, 2.45) is 0 Å². The van der Waals surface area contributed by atoms with Crippen LogP contribution in [0, 0.1) is 5.82 Å². The van der Waals surface area contributed by atoms with Crippen molar-refractivity contribution in [2.45, 2.75) is 45.6 Å². The average molecular weight is 463 g/mol. The van der Waals surface area contributed by atoms with E-state index in [1.807, 2.05) is 55.5 Å². The van der Waals surface area contributed by atoms with E-state index >= 15 is 0 Å². The van der Waals surface area contributed by atoms with E-state index < -0.39 is 5.97 Å². The van der Waals surface area contributed by atoms with Crippen LogP contribution in [0.15, 0.2) is 66.7 Å². The lowest BCUT2D eigenvalue weighted by molar-refractivity contribution is -0.137. The van der Waals surface area contributed by atoms with E-state index in [-0.39, 0.29) is 18.2 Å². The maximum atomic E-state index is 14.7. The van der Waals surface area contributed by atoms with Crippen molar-refractivity contribution >= 4 is 12.0 Å². The number of hydrogen-bond acceptors (Lipinski definition) is 3. The molecule has 3 rings (SSSR count). The molecule has 1 N–H and O–H groups in total. The maximum Gasteiger partial charge on any atom is 0.303 e. The van der Waals surface area contributed by atoms with Crippen LogP contribution in [0.25, 0.3) is 17.2 Å². The number of carbonyl (C=O) groups is 1. The largest absolute Gasteiger partial charge is 0.497 e. The van der Waals surface area contributed by atoms with Gasteiger partial charge in [-0.1, -0.05) is 56.7 Å². The molecule has 0 fully saturated rings. The molecular weight excluding hydrogens is 431 g/mol. The number of allylic oxidation sites excluding steroid dienone is 1. The Hall–Kier alpha value is -3.60. The molecule has 3 aromatic rings. The number of ether oxygens (including phenoxy) is 2. The van der Waals surface area contributed by atoms with Gasteiger partial charge < -0.3 is 14.6 Å². The molecule has 0 saturated carbocycles. The van der Waals surface area contributed by atoms with Gasteiger partial charge in [0.25, 0.3) is 0 Å². The summed E-state index contributed by atoms with van der Waals surface area (Å²) in [6, 6.07) is 18.1. The second-order valence-electron chi connectivity index (χ2n) is 8.32. The average Bonchev–Trinajstić information content (AvgIpc) is 2.83. The molecule has 0 aromatic heterocycles. The smallest absolute Gasteiger partial charge is 0.303 e. The van der Waals surface area contributed by atoms with Crippen molar-refractivity contribution in [3.8, 4) is 22.6 Å². The van der Waals surface area contributed by atoms with Crippen LogP contribution < -0.4 is 9.47 Å². The van der Waals surface area contributed by atoms with Crippen molar-refractivity contribution in [1.29, 1.82) is 0 Å². The summed E-state index contributed by atoms with van der Waals surface area (Å²) in [5.74, 6) is 0.0516. The summed E-state index contributed by atoms with van der Waals surface area (Å²) in [6.45, 7) is 4.34. The number of methoxy groups -OCH3 is 1. The molecule has 0 aliphatic rings. The zero-order valence-corrected chi connectivity index (χ0v) is 19.9. The number of carboxylic acids is 1. The van der Waals surface area contributed by atoms with E-state index in [9.17, 15) is 9.18 Å². The Kier molecular flexibility index (Phi) is 8.86. The van der Waals surface area contributed by atoms with Gasteiger partial charge in [-0.3, -0.25) is 4.79 Å². The zero-order valence-electron chi connectivity index (χ0n) is 19.9. The van der Waals surface area contributed by atoms with Crippen LogP contribution in [0.3, 0.4) is 0 Å². The molecular formula is C29H31FO4. The van der Waals surface area contributed by atoms with Crippen LogP contribution >= 0.6 is 0 Å². The number of rotatable bonds is 11. The van der Waals surface area contributed by atoms with Gasteiger partial charge in [0, 0.05) is 5.56 Å². The first-order valence-corrected chi connectivity index (χ1v) is 11.5. The Balaban J connectivity index is 1.85. The second-order valence-corrected chi connectivity index (χ2v) is 8.32. The third-order valence-corrected chi connectivity index (χ3v) is 5.65. The van der Waals surface area contributed by atoms with Crippen LogP contribution in [-0.4, -0.2) is 18.2 Å². The SMILES string of the molecule is CCCC=Cc1cc(COc2cccc([C@H](C)CC(=O)O)c2)ccc1-c1cc(OC)ccc1F. The monoisotopic (exact) mass is 462 g/mol. The van der Waals surface area contributed by atoms with Gasteiger partial charge in [0.1, 0.15) is 23.9 Å². The molecule has 4 nitrogen and oxygen atoms in total. The lowest BCUT2D eigenvalue weighted by atomic mass is 9.96. The zero-order chi connectivity index (χ0) is 24.5. The molecule has 0 radical (unpaired) electrons. The van der Waals surface area contributed by atoms with Crippen LogP contribution in [0.5, 0.6) is 11.5 Å². The third-order valence-electron chi connectivity index (χ3n) is 5.65. The first-order chi connectivity index (χ1) is 16.4. The molecule has 5 heteroatoms. The van der Waals surface area contributed by atoms with Gasteiger partial charge in [0.15, 0.2) is 0 Å². The first kappa shape index (κ1) is 25.0. The molecule has 0 heterocycles. The number of aliphatic carboxylic acids is 1. The van der Waals surface area contributed by atoms with E-state index in [2.05, 4.69) is 13.0 Å². The summed E-state index contributed by atoms with van der Waals surface area (Å²) in [5.41, 5.74) is 4.06. The van der Waals surface area contributed by atoms with Gasteiger partial charge in [-0.15, -0.1) is 0 Å². The molecule has 3 aromatic carbocycles. The van der Waals surface area contributed by atoms with Gasteiger partial charge >= 0.3 is 5.97 Å². The summed E-state index contributed by atoms with van der Waals surface area (Å²) in [5, 5.41) is 9.05. The summed E-state index contributed by atoms with van der Waals surface area (Å²) in [4.78, 5) is 11.0. The number of halogens is 1. The molecule has 178 valence electrons. The molecule has 0 aliphatic heterocycles. The summed E-state index contributed by atoms with van der Waals surface area (Å²) in [7, 11) is 1.57. The van der Waals surface area contributed by atoms with E-state index in [1.165, 1.54) is 6.07 Å². The fraction of sp³-hybridized carbons (Fsp3) is 0.276. The van der Waals surface area contributed by atoms with E-state index in [0.717, 1.165) is 35.1 Å². The maximum absolute atomic E-state index is 14.7. The second kappa shape index (κ2) is 12.0. The molecule has 0 spiro atoms. The molecule has 0 amide bonds. The van der Waals surface area contributed by atoms with Gasteiger partial charge in [0.2, 0.25) is 0 Å². The van der Waals surface area contributed by atoms with Crippen LogP contribution in [0.1, 0.15) is 55.7 Å². The minimum atomic E-state index is -0.824. The van der Waals surface area contributed by atoms with Gasteiger partial charge in [-0.05, 0) is 71.0 Å². The molecule has 0 saturated heterocycles. The summed E-state index contributed by atoms with van der Waals surface area (Å²) < 4.78 is 26.0. The number of unbranched alkanes of at least 4 members (excludes halogenated alkanes) is 1. The first-order valence-electron chi connectivity index (χ1n) is 11.5. The molecule has 0 aliphatic carbocycles.